The number of allylic oxidation sites excluding steroid dienone is 8. The number of rotatable bonds is 17. The molecule has 0 aliphatic carbocycles. The van der Waals surface area contributed by atoms with Gasteiger partial charge in [0.15, 0.2) is 0 Å². The van der Waals surface area contributed by atoms with Gasteiger partial charge < -0.3 is 20.7 Å². The highest BCUT2D eigenvalue weighted by atomic mass is 16.1. The number of carbonyl (C=O) groups is 1. The lowest BCUT2D eigenvalue weighted by molar-refractivity contribution is -0.109. The molecular formula is C40H56N4O. The zero-order valence-electron chi connectivity index (χ0n) is 28.7. The molecule has 0 radical (unpaired) electrons. The van der Waals surface area contributed by atoms with Crippen LogP contribution in [0.1, 0.15) is 83.0 Å². The Bertz CT molecular complexity index is 1300. The van der Waals surface area contributed by atoms with Crippen LogP contribution in [0.3, 0.4) is 0 Å². The molecule has 0 aliphatic heterocycles. The molecule has 1 aromatic heterocycles. The fourth-order valence-corrected chi connectivity index (χ4v) is 4.31. The number of benzene rings is 1. The fraction of sp³-hybridized carbons (Fsp3) is 0.350. The third-order valence-corrected chi connectivity index (χ3v) is 6.59. The van der Waals surface area contributed by atoms with Gasteiger partial charge in [0.2, 0.25) is 0 Å². The highest BCUT2D eigenvalue weighted by Crippen LogP contribution is 2.28. The van der Waals surface area contributed by atoms with E-state index < -0.39 is 0 Å². The van der Waals surface area contributed by atoms with Crippen molar-refractivity contribution in [2.45, 2.75) is 79.3 Å². The van der Waals surface area contributed by atoms with Crippen LogP contribution in [0.15, 0.2) is 110 Å². The van der Waals surface area contributed by atoms with Crippen molar-refractivity contribution >= 4 is 17.7 Å². The first-order chi connectivity index (χ1) is 21.7. The van der Waals surface area contributed by atoms with Crippen LogP contribution in [0.2, 0.25) is 0 Å². The monoisotopic (exact) mass is 608 g/mol. The van der Waals surface area contributed by atoms with E-state index in [0.717, 1.165) is 66.7 Å². The number of aryl methyl sites for hydroxylation is 1. The molecule has 0 spiro atoms. The van der Waals surface area contributed by atoms with Gasteiger partial charge in [-0.1, -0.05) is 87.1 Å². The van der Waals surface area contributed by atoms with E-state index in [9.17, 15) is 4.79 Å². The molecule has 0 saturated heterocycles. The number of terminal acetylenes is 1. The Hall–Kier alpha value is -4.40. The third-order valence-electron chi connectivity index (χ3n) is 6.59. The lowest BCUT2D eigenvalue weighted by Crippen LogP contribution is -2.25. The number of unbranched alkanes of at least 4 members (excludes halogenated alkanes) is 1. The van der Waals surface area contributed by atoms with E-state index in [1.54, 1.807) is 6.08 Å². The van der Waals surface area contributed by atoms with Crippen molar-refractivity contribution in [3.8, 4) is 12.3 Å². The SMILES string of the molecule is C#C/C=C(\C(/C=C\C=C)=C(C)C)c1ccc(C(CC=C)NC)cc1.C=C(CCCCNc1cc(C)ccn1)NC(C)C=O.CC. The molecular weight excluding hydrogens is 552 g/mol. The normalized spacial score (nSPS) is 11.7. The highest BCUT2D eigenvalue weighted by molar-refractivity contribution is 5.84. The van der Waals surface area contributed by atoms with Gasteiger partial charge in [0.05, 0.1) is 6.04 Å². The first-order valence-corrected chi connectivity index (χ1v) is 15.8. The zero-order chi connectivity index (χ0) is 34.0. The Morgan fingerprint density at radius 2 is 1.80 bits per heavy atom. The van der Waals surface area contributed by atoms with Gasteiger partial charge in [-0.05, 0) is 106 Å². The molecule has 0 saturated carbocycles. The van der Waals surface area contributed by atoms with E-state index in [4.69, 9.17) is 6.42 Å². The number of hydrogen-bond acceptors (Lipinski definition) is 5. The second-order valence-corrected chi connectivity index (χ2v) is 10.5. The maximum absolute atomic E-state index is 10.5. The fourth-order valence-electron chi connectivity index (χ4n) is 4.31. The summed E-state index contributed by atoms with van der Waals surface area (Å²) in [4.78, 5) is 14.7. The molecule has 1 aromatic carbocycles. The predicted octanol–water partition coefficient (Wildman–Crippen LogP) is 9.31. The van der Waals surface area contributed by atoms with E-state index in [-0.39, 0.29) is 12.1 Å². The standard InChI is InChI=1S/C23H27N.C15H23N3O.C2H6/c1-7-10-13-21(18(4)5)22(11-8-2)19-14-16-20(17-15-19)23(24-6)12-9-3;1-12-7-9-17-15(10-12)16-8-5-4-6-13(2)18-14(3)11-19;1-2/h2,7,9-11,13-17,23-24H,1,3,12H2,4-6H3;7,9-11,14,18H,2,4-6,8H2,1,3H3,(H,16,17);1-2H3/b13-10-,22-11-;;. The van der Waals surface area contributed by atoms with E-state index in [2.05, 4.69) is 91.6 Å². The van der Waals surface area contributed by atoms with Gasteiger partial charge >= 0.3 is 0 Å². The van der Waals surface area contributed by atoms with Crippen molar-refractivity contribution in [1.29, 1.82) is 0 Å². The lowest BCUT2D eigenvalue weighted by Gasteiger charge is -2.16. The summed E-state index contributed by atoms with van der Waals surface area (Å²) in [5.41, 5.74) is 7.85. The molecule has 2 aromatic rings. The summed E-state index contributed by atoms with van der Waals surface area (Å²) in [6, 6.07) is 12.7. The van der Waals surface area contributed by atoms with Gasteiger partial charge in [-0.25, -0.2) is 4.98 Å². The van der Waals surface area contributed by atoms with Crippen molar-refractivity contribution in [1.82, 2.24) is 15.6 Å². The number of aldehydes is 1. The average molecular weight is 609 g/mol. The molecule has 2 rings (SSSR count). The van der Waals surface area contributed by atoms with Crippen LogP contribution in [0, 0.1) is 19.3 Å². The van der Waals surface area contributed by atoms with Crippen LogP contribution in [0.4, 0.5) is 5.82 Å². The smallest absolute Gasteiger partial charge is 0.141 e. The van der Waals surface area contributed by atoms with Crippen LogP contribution in [-0.2, 0) is 4.79 Å². The molecule has 2 unspecified atom stereocenters. The largest absolute Gasteiger partial charge is 0.380 e. The van der Waals surface area contributed by atoms with Gasteiger partial charge in [0, 0.05) is 24.5 Å². The van der Waals surface area contributed by atoms with Gasteiger partial charge in [0.25, 0.3) is 0 Å². The molecule has 2 atom stereocenters. The quantitative estimate of drug-likeness (QED) is 0.0549. The summed E-state index contributed by atoms with van der Waals surface area (Å²) in [6.45, 7) is 24.4. The van der Waals surface area contributed by atoms with Crippen molar-refractivity contribution in [2.24, 2.45) is 0 Å². The Morgan fingerprint density at radius 1 is 1.11 bits per heavy atom. The number of carbonyl (C=O) groups excluding carboxylic acids is 1. The summed E-state index contributed by atoms with van der Waals surface area (Å²) in [5, 5.41) is 9.66. The predicted molar refractivity (Wildman–Crippen MR) is 198 cm³/mol. The maximum Gasteiger partial charge on any atom is 0.141 e. The number of pyridine rings is 1. The number of nitrogens with one attached hydrogen (secondary N) is 3. The first-order valence-electron chi connectivity index (χ1n) is 15.8. The molecule has 5 nitrogen and oxygen atoms in total. The lowest BCUT2D eigenvalue weighted by atomic mass is 9.92. The Balaban J connectivity index is 0.000000835. The topological polar surface area (TPSA) is 66.1 Å². The average Bonchev–Trinajstić information content (AvgIpc) is 3.04. The van der Waals surface area contributed by atoms with Gasteiger partial charge in [-0.15, -0.1) is 13.0 Å². The molecule has 0 amide bonds. The Kier molecular flexibility index (Phi) is 22.5. The number of hydrogen-bond donors (Lipinski definition) is 3. The molecule has 242 valence electrons. The van der Waals surface area contributed by atoms with Crippen molar-refractivity contribution in [2.75, 3.05) is 18.9 Å². The minimum atomic E-state index is -0.151. The zero-order valence-corrected chi connectivity index (χ0v) is 28.7. The van der Waals surface area contributed by atoms with Crippen LogP contribution in [0.5, 0.6) is 0 Å². The van der Waals surface area contributed by atoms with Crippen molar-refractivity contribution in [3.05, 3.63) is 126 Å². The van der Waals surface area contributed by atoms with E-state index >= 15 is 0 Å². The summed E-state index contributed by atoms with van der Waals surface area (Å²) >= 11 is 0. The molecule has 1 heterocycles. The minimum Gasteiger partial charge on any atom is -0.380 e. The van der Waals surface area contributed by atoms with E-state index in [0.29, 0.717) is 0 Å². The van der Waals surface area contributed by atoms with Crippen LogP contribution in [0.25, 0.3) is 5.57 Å². The molecule has 0 bridgehead atoms. The molecule has 5 heteroatoms. The van der Waals surface area contributed by atoms with Crippen LogP contribution < -0.4 is 16.0 Å². The number of aromatic nitrogens is 1. The summed E-state index contributed by atoms with van der Waals surface area (Å²) in [5.74, 6) is 3.59. The number of anilines is 1. The van der Waals surface area contributed by atoms with E-state index in [1.807, 2.05) is 70.5 Å². The van der Waals surface area contributed by atoms with Crippen molar-refractivity contribution < 1.29 is 4.79 Å². The third kappa shape index (κ3) is 16.9. The highest BCUT2D eigenvalue weighted by Gasteiger charge is 2.10. The van der Waals surface area contributed by atoms with Gasteiger partial charge in [-0.3, -0.25) is 0 Å². The summed E-state index contributed by atoms with van der Waals surface area (Å²) in [6.07, 6.45) is 21.6. The van der Waals surface area contributed by atoms with Gasteiger partial charge in [0.1, 0.15) is 12.1 Å². The van der Waals surface area contributed by atoms with E-state index in [1.165, 1.54) is 16.7 Å². The van der Waals surface area contributed by atoms with Gasteiger partial charge in [-0.2, -0.15) is 0 Å². The van der Waals surface area contributed by atoms with Crippen LogP contribution in [-0.4, -0.2) is 30.9 Å². The Labute approximate surface area is 274 Å². The molecule has 3 N–H and O–H groups in total. The second-order valence-electron chi connectivity index (χ2n) is 10.5. The summed E-state index contributed by atoms with van der Waals surface area (Å²) < 4.78 is 0. The summed E-state index contributed by atoms with van der Waals surface area (Å²) in [7, 11) is 1.97. The number of nitrogens with zero attached hydrogens (tertiary/aromatic N) is 1. The minimum absolute atomic E-state index is 0.151. The van der Waals surface area contributed by atoms with Crippen LogP contribution >= 0.6 is 0 Å². The molecule has 45 heavy (non-hydrogen) atoms. The second kappa shape index (κ2) is 25.0. The Morgan fingerprint density at radius 3 is 2.33 bits per heavy atom. The molecule has 0 aliphatic rings. The first kappa shape index (κ1) is 40.6. The maximum atomic E-state index is 10.5. The van der Waals surface area contributed by atoms with Crippen molar-refractivity contribution in [3.63, 3.8) is 0 Å². The molecule has 0 fully saturated rings.